The van der Waals surface area contributed by atoms with E-state index < -0.39 is 0 Å². The summed E-state index contributed by atoms with van der Waals surface area (Å²) in [5.74, 6) is 1.73. The van der Waals surface area contributed by atoms with Gasteiger partial charge >= 0.3 is 0 Å². The summed E-state index contributed by atoms with van der Waals surface area (Å²) >= 11 is 0. The minimum Gasteiger partial charge on any atom is -0.466 e. The predicted octanol–water partition coefficient (Wildman–Crippen LogP) is 3.68. The van der Waals surface area contributed by atoms with Crippen molar-refractivity contribution >= 4 is 5.91 Å². The first-order chi connectivity index (χ1) is 11.4. The van der Waals surface area contributed by atoms with Crippen LogP contribution in [-0.2, 0) is 4.79 Å². The number of nitrogens with zero attached hydrogens (tertiary/aromatic N) is 3. The van der Waals surface area contributed by atoms with Crippen molar-refractivity contribution in [1.29, 1.82) is 0 Å². The van der Waals surface area contributed by atoms with Crippen LogP contribution in [0.1, 0.15) is 60.2 Å². The smallest absolute Gasteiger partial charge is 0.230 e. The highest BCUT2D eigenvalue weighted by Crippen LogP contribution is 2.28. The highest BCUT2D eigenvalue weighted by Gasteiger charge is 2.30. The van der Waals surface area contributed by atoms with Gasteiger partial charge in [0, 0.05) is 24.3 Å². The number of aryl methyl sites for hydroxylation is 4. The average molecular weight is 329 g/mol. The van der Waals surface area contributed by atoms with Gasteiger partial charge in [-0.3, -0.25) is 9.48 Å². The Bertz CT molecular complexity index is 744. The molecule has 24 heavy (non-hydrogen) atoms. The van der Waals surface area contributed by atoms with Gasteiger partial charge in [-0.05, 0) is 59.6 Å². The minimum atomic E-state index is -0.165. The second-order valence-corrected chi connectivity index (χ2v) is 7.04. The Balaban J connectivity index is 1.75. The van der Waals surface area contributed by atoms with Crippen LogP contribution in [0.3, 0.4) is 0 Å². The molecular weight excluding hydrogens is 302 g/mol. The normalized spacial score (nSPS) is 19.5. The van der Waals surface area contributed by atoms with Gasteiger partial charge in [0.2, 0.25) is 5.91 Å². The third kappa shape index (κ3) is 3.12. The van der Waals surface area contributed by atoms with Crippen LogP contribution >= 0.6 is 0 Å². The lowest BCUT2D eigenvalue weighted by Gasteiger charge is -2.35. The molecule has 0 aromatic carbocycles. The van der Waals surface area contributed by atoms with Crippen LogP contribution in [0.5, 0.6) is 0 Å². The third-order valence-corrected chi connectivity index (χ3v) is 5.01. The maximum absolute atomic E-state index is 13.0. The van der Waals surface area contributed by atoms with Crippen molar-refractivity contribution in [3.8, 4) is 0 Å². The van der Waals surface area contributed by atoms with Gasteiger partial charge in [0.05, 0.1) is 17.7 Å². The molecule has 0 spiro atoms. The van der Waals surface area contributed by atoms with E-state index in [1.165, 1.54) is 5.69 Å². The van der Waals surface area contributed by atoms with Crippen LogP contribution in [0.25, 0.3) is 0 Å². The Labute approximate surface area is 143 Å². The van der Waals surface area contributed by atoms with Gasteiger partial charge in [0.25, 0.3) is 0 Å². The van der Waals surface area contributed by atoms with Crippen molar-refractivity contribution in [1.82, 2.24) is 14.7 Å². The lowest BCUT2D eigenvalue weighted by Crippen LogP contribution is -2.43. The molecule has 1 fully saturated rings. The third-order valence-electron chi connectivity index (χ3n) is 5.01. The van der Waals surface area contributed by atoms with Gasteiger partial charge in [0.1, 0.15) is 11.5 Å². The summed E-state index contributed by atoms with van der Waals surface area (Å²) in [5.41, 5.74) is 3.21. The van der Waals surface area contributed by atoms with Crippen LogP contribution < -0.4 is 0 Å². The summed E-state index contributed by atoms with van der Waals surface area (Å²) in [7, 11) is 0. The van der Waals surface area contributed by atoms with E-state index in [1.807, 2.05) is 38.7 Å². The molecule has 5 nitrogen and oxygen atoms in total. The molecule has 1 aliphatic heterocycles. The first kappa shape index (κ1) is 16.8. The number of carbonyl (C=O) groups excluding carboxylic acids is 1. The van der Waals surface area contributed by atoms with Gasteiger partial charge in [-0.25, -0.2) is 0 Å². The van der Waals surface area contributed by atoms with Crippen molar-refractivity contribution in [2.45, 2.75) is 59.4 Å². The number of hydrogen-bond acceptors (Lipinski definition) is 3. The predicted molar refractivity (Wildman–Crippen MR) is 93.1 cm³/mol. The fourth-order valence-corrected chi connectivity index (χ4v) is 3.86. The molecule has 0 unspecified atom stereocenters. The summed E-state index contributed by atoms with van der Waals surface area (Å²) in [6.45, 7) is 11.5. The molecule has 2 aromatic heterocycles. The largest absolute Gasteiger partial charge is 0.466 e. The zero-order valence-corrected chi connectivity index (χ0v) is 15.3. The van der Waals surface area contributed by atoms with Crippen molar-refractivity contribution in [3.05, 3.63) is 40.6 Å². The van der Waals surface area contributed by atoms with Crippen LogP contribution in [0.4, 0.5) is 0 Å². The molecule has 1 aliphatic rings. The van der Waals surface area contributed by atoms with Gasteiger partial charge < -0.3 is 9.32 Å². The summed E-state index contributed by atoms with van der Waals surface area (Å²) < 4.78 is 7.69. The average Bonchev–Trinajstić information content (AvgIpc) is 3.06. The number of amides is 1. The van der Waals surface area contributed by atoms with Crippen LogP contribution in [0, 0.1) is 27.7 Å². The van der Waals surface area contributed by atoms with Crippen LogP contribution in [0.2, 0.25) is 0 Å². The molecule has 0 radical (unpaired) electrons. The summed E-state index contributed by atoms with van der Waals surface area (Å²) in [4.78, 5) is 15.0. The number of furan rings is 1. The number of carbonyl (C=O) groups is 1. The maximum atomic E-state index is 13.0. The lowest BCUT2D eigenvalue weighted by atomic mass is 9.97. The van der Waals surface area contributed by atoms with E-state index in [0.717, 1.165) is 48.7 Å². The van der Waals surface area contributed by atoms with E-state index in [1.54, 1.807) is 0 Å². The van der Waals surface area contributed by atoms with E-state index in [0.29, 0.717) is 0 Å². The molecule has 3 rings (SSSR count). The molecule has 1 saturated heterocycles. The second kappa shape index (κ2) is 6.46. The highest BCUT2D eigenvalue weighted by molar-refractivity contribution is 5.83. The van der Waals surface area contributed by atoms with E-state index in [4.69, 9.17) is 4.42 Å². The fraction of sp³-hybridized carbons (Fsp3) is 0.579. The standard InChI is InChI=1S/C19H27N3O2/c1-12-9-13(2)22(20-12)17-7-6-8-21(11-17)19(23)15(4)18-10-14(3)24-16(18)5/h9-10,15,17H,6-8,11H2,1-5H3/t15-,17-/m0/s1. The molecule has 0 N–H and O–H groups in total. The van der Waals surface area contributed by atoms with Gasteiger partial charge in [-0.15, -0.1) is 0 Å². The van der Waals surface area contributed by atoms with Gasteiger partial charge in [-0.2, -0.15) is 5.10 Å². The first-order valence-corrected chi connectivity index (χ1v) is 8.75. The van der Waals surface area contributed by atoms with E-state index in [-0.39, 0.29) is 17.9 Å². The monoisotopic (exact) mass is 329 g/mol. The molecule has 1 amide bonds. The molecule has 0 aliphatic carbocycles. The minimum absolute atomic E-state index is 0.165. The second-order valence-electron chi connectivity index (χ2n) is 7.04. The first-order valence-electron chi connectivity index (χ1n) is 8.75. The molecule has 2 aromatic rings. The van der Waals surface area contributed by atoms with Gasteiger partial charge in [-0.1, -0.05) is 0 Å². The molecule has 130 valence electrons. The number of piperidine rings is 1. The summed E-state index contributed by atoms with van der Waals surface area (Å²) in [6.07, 6.45) is 2.09. The van der Waals surface area contributed by atoms with E-state index in [9.17, 15) is 4.79 Å². The summed E-state index contributed by atoms with van der Waals surface area (Å²) in [5, 5.41) is 4.61. The number of likely N-dealkylation sites (tertiary alicyclic amines) is 1. The number of hydrogen-bond donors (Lipinski definition) is 0. The van der Waals surface area contributed by atoms with E-state index in [2.05, 4.69) is 22.8 Å². The molecule has 2 atom stereocenters. The number of rotatable bonds is 3. The quantitative estimate of drug-likeness (QED) is 0.863. The van der Waals surface area contributed by atoms with Crippen molar-refractivity contribution in [2.24, 2.45) is 0 Å². The highest BCUT2D eigenvalue weighted by atomic mass is 16.3. The van der Waals surface area contributed by atoms with Crippen LogP contribution in [0.15, 0.2) is 16.5 Å². The van der Waals surface area contributed by atoms with E-state index >= 15 is 0 Å². The Morgan fingerprint density at radius 1 is 1.29 bits per heavy atom. The lowest BCUT2D eigenvalue weighted by molar-refractivity contribution is -0.134. The zero-order valence-electron chi connectivity index (χ0n) is 15.3. The Hall–Kier alpha value is -2.04. The van der Waals surface area contributed by atoms with Crippen molar-refractivity contribution in [2.75, 3.05) is 13.1 Å². The zero-order chi connectivity index (χ0) is 17.4. The Morgan fingerprint density at radius 3 is 2.62 bits per heavy atom. The molecule has 0 saturated carbocycles. The van der Waals surface area contributed by atoms with Crippen LogP contribution in [-0.4, -0.2) is 33.7 Å². The SMILES string of the molecule is Cc1cc(C)n([C@H]2CCCN(C(=O)[C@@H](C)c3cc(C)oc3C)C2)n1. The topological polar surface area (TPSA) is 51.3 Å². The molecule has 5 heteroatoms. The van der Waals surface area contributed by atoms with Gasteiger partial charge in [0.15, 0.2) is 0 Å². The number of aromatic nitrogens is 2. The fourth-order valence-electron chi connectivity index (χ4n) is 3.86. The molecular formula is C19H27N3O2. The molecule has 0 bridgehead atoms. The maximum Gasteiger partial charge on any atom is 0.230 e. The Morgan fingerprint density at radius 2 is 2.04 bits per heavy atom. The van der Waals surface area contributed by atoms with Crippen molar-refractivity contribution in [3.63, 3.8) is 0 Å². The summed E-state index contributed by atoms with van der Waals surface area (Å²) in [6, 6.07) is 4.36. The molecule has 3 heterocycles. The van der Waals surface area contributed by atoms with Crippen molar-refractivity contribution < 1.29 is 9.21 Å². The Kier molecular flexibility index (Phi) is 4.52.